The summed E-state index contributed by atoms with van der Waals surface area (Å²) in [6.45, 7) is 2.10. The monoisotopic (exact) mass is 320 g/mol. The molecule has 22 heavy (non-hydrogen) atoms. The second kappa shape index (κ2) is 6.27. The maximum absolute atomic E-state index is 12.3. The molecular formula is C14H16N4O3S. The van der Waals surface area contributed by atoms with E-state index in [2.05, 4.69) is 20.5 Å². The average Bonchev–Trinajstić information content (AvgIpc) is 3.14. The van der Waals surface area contributed by atoms with Gasteiger partial charge in [-0.25, -0.2) is 4.98 Å². The second-order valence-electron chi connectivity index (χ2n) is 4.96. The average molecular weight is 320 g/mol. The van der Waals surface area contributed by atoms with Crippen LogP contribution < -0.4 is 5.32 Å². The Hall–Kier alpha value is -2.22. The minimum atomic E-state index is -0.323. The molecule has 1 amide bonds. The zero-order valence-corrected chi connectivity index (χ0v) is 13.0. The van der Waals surface area contributed by atoms with Crippen LogP contribution in [0.15, 0.2) is 5.38 Å². The minimum Gasteiger partial charge on any atom is -0.466 e. The first-order valence-corrected chi connectivity index (χ1v) is 8.02. The number of nitrogens with one attached hydrogen (secondary N) is 2. The van der Waals surface area contributed by atoms with E-state index in [4.69, 9.17) is 4.74 Å². The van der Waals surface area contributed by atoms with Crippen molar-refractivity contribution < 1.29 is 14.3 Å². The quantitative estimate of drug-likeness (QED) is 0.818. The maximum Gasteiger partial charge on any atom is 0.311 e. The second-order valence-corrected chi connectivity index (χ2v) is 5.82. The first-order chi connectivity index (χ1) is 10.7. The third-order valence-corrected chi connectivity index (χ3v) is 4.23. The van der Waals surface area contributed by atoms with Gasteiger partial charge in [0, 0.05) is 16.6 Å². The summed E-state index contributed by atoms with van der Waals surface area (Å²) in [5.41, 5.74) is 3.08. The van der Waals surface area contributed by atoms with Gasteiger partial charge in [-0.05, 0) is 26.2 Å². The van der Waals surface area contributed by atoms with E-state index in [1.807, 2.05) is 0 Å². The number of esters is 1. The first-order valence-electron chi connectivity index (χ1n) is 7.15. The highest BCUT2D eigenvalue weighted by atomic mass is 32.1. The highest BCUT2D eigenvalue weighted by Gasteiger charge is 2.23. The number of nitrogens with zero attached hydrogens (tertiary/aromatic N) is 2. The fourth-order valence-electron chi connectivity index (χ4n) is 2.47. The van der Waals surface area contributed by atoms with Crippen molar-refractivity contribution in [3.63, 3.8) is 0 Å². The molecule has 7 nitrogen and oxygen atoms in total. The van der Waals surface area contributed by atoms with Crippen molar-refractivity contribution in [2.24, 2.45) is 0 Å². The normalized spacial score (nSPS) is 13.0. The summed E-state index contributed by atoms with van der Waals surface area (Å²) in [7, 11) is 0. The lowest BCUT2D eigenvalue weighted by Crippen LogP contribution is -2.14. The fraction of sp³-hybridized carbons (Fsp3) is 0.429. The molecule has 0 saturated heterocycles. The first kappa shape index (κ1) is 14.7. The van der Waals surface area contributed by atoms with Gasteiger partial charge in [0.05, 0.1) is 18.7 Å². The molecule has 1 aliphatic carbocycles. The van der Waals surface area contributed by atoms with E-state index in [0.717, 1.165) is 30.5 Å². The largest absolute Gasteiger partial charge is 0.466 e. The molecular weight excluding hydrogens is 304 g/mol. The molecule has 2 N–H and O–H groups in total. The van der Waals surface area contributed by atoms with E-state index in [0.29, 0.717) is 23.1 Å². The number of aryl methyl sites for hydroxylation is 1. The smallest absolute Gasteiger partial charge is 0.311 e. The molecule has 8 heteroatoms. The Bertz CT molecular complexity index is 707. The van der Waals surface area contributed by atoms with Crippen molar-refractivity contribution >= 4 is 28.3 Å². The number of carbonyl (C=O) groups excluding carboxylic acids is 2. The van der Waals surface area contributed by atoms with Crippen LogP contribution >= 0.6 is 11.3 Å². The van der Waals surface area contributed by atoms with E-state index < -0.39 is 0 Å². The number of thiazole rings is 1. The number of aromatic nitrogens is 3. The van der Waals surface area contributed by atoms with Gasteiger partial charge in [0.15, 0.2) is 10.8 Å². The van der Waals surface area contributed by atoms with E-state index in [1.54, 1.807) is 12.3 Å². The number of amides is 1. The van der Waals surface area contributed by atoms with Crippen LogP contribution in [0.2, 0.25) is 0 Å². The van der Waals surface area contributed by atoms with Gasteiger partial charge in [-0.1, -0.05) is 0 Å². The molecule has 0 atom stereocenters. The molecule has 0 spiro atoms. The van der Waals surface area contributed by atoms with Crippen molar-refractivity contribution in [2.45, 2.75) is 32.6 Å². The number of H-pyrrole nitrogens is 1. The van der Waals surface area contributed by atoms with Gasteiger partial charge < -0.3 is 4.74 Å². The van der Waals surface area contributed by atoms with Crippen molar-refractivity contribution in [3.05, 3.63) is 28.0 Å². The van der Waals surface area contributed by atoms with Crippen LogP contribution in [0.25, 0.3) is 0 Å². The highest BCUT2D eigenvalue weighted by Crippen LogP contribution is 2.24. The summed E-state index contributed by atoms with van der Waals surface area (Å²) in [4.78, 5) is 27.9. The number of hydrogen-bond donors (Lipinski definition) is 2. The summed E-state index contributed by atoms with van der Waals surface area (Å²) >= 11 is 1.28. The molecule has 2 aromatic rings. The summed E-state index contributed by atoms with van der Waals surface area (Å²) in [6, 6.07) is 0. The molecule has 0 unspecified atom stereocenters. The molecule has 0 fully saturated rings. The molecule has 2 aromatic heterocycles. The molecule has 0 saturated carbocycles. The lowest BCUT2D eigenvalue weighted by molar-refractivity contribution is -0.142. The van der Waals surface area contributed by atoms with Gasteiger partial charge >= 0.3 is 5.97 Å². The van der Waals surface area contributed by atoms with Crippen LogP contribution in [0, 0.1) is 0 Å². The summed E-state index contributed by atoms with van der Waals surface area (Å²) in [5, 5.41) is 11.9. The topological polar surface area (TPSA) is 97.0 Å². The predicted molar refractivity (Wildman–Crippen MR) is 81.0 cm³/mol. The van der Waals surface area contributed by atoms with Gasteiger partial charge in [0.25, 0.3) is 5.91 Å². The summed E-state index contributed by atoms with van der Waals surface area (Å²) < 4.78 is 4.87. The van der Waals surface area contributed by atoms with Crippen LogP contribution in [0.1, 0.15) is 40.8 Å². The van der Waals surface area contributed by atoms with Gasteiger partial charge in [-0.15, -0.1) is 11.3 Å². The van der Waals surface area contributed by atoms with E-state index >= 15 is 0 Å². The molecule has 0 aromatic carbocycles. The molecule has 0 bridgehead atoms. The molecule has 2 heterocycles. The summed E-state index contributed by atoms with van der Waals surface area (Å²) in [5.74, 6) is -0.591. The van der Waals surface area contributed by atoms with Crippen LogP contribution in [0.3, 0.4) is 0 Å². The SMILES string of the molecule is CCOC(=O)Cc1csc(NC(=O)c2n[nH]c3c2CCC3)n1. The van der Waals surface area contributed by atoms with Crippen LogP contribution in [0.4, 0.5) is 5.13 Å². The van der Waals surface area contributed by atoms with Gasteiger partial charge in [-0.3, -0.25) is 20.0 Å². The van der Waals surface area contributed by atoms with Crippen molar-refractivity contribution in [1.82, 2.24) is 15.2 Å². The van der Waals surface area contributed by atoms with Crippen molar-refractivity contribution in [2.75, 3.05) is 11.9 Å². The number of aromatic amines is 1. The van der Waals surface area contributed by atoms with Crippen LogP contribution in [-0.2, 0) is 28.8 Å². The Morgan fingerprint density at radius 2 is 2.32 bits per heavy atom. The van der Waals surface area contributed by atoms with Crippen LogP contribution in [0.5, 0.6) is 0 Å². The van der Waals surface area contributed by atoms with Crippen molar-refractivity contribution in [1.29, 1.82) is 0 Å². The lowest BCUT2D eigenvalue weighted by atomic mass is 10.2. The minimum absolute atomic E-state index is 0.109. The maximum atomic E-state index is 12.3. The van der Waals surface area contributed by atoms with E-state index in [9.17, 15) is 9.59 Å². The van der Waals surface area contributed by atoms with Gasteiger partial charge in [-0.2, -0.15) is 5.10 Å². The molecule has 0 radical (unpaired) electrons. The summed E-state index contributed by atoms with van der Waals surface area (Å²) in [6.07, 6.45) is 2.97. The number of ether oxygens (including phenoxy) is 1. The number of carbonyl (C=O) groups is 2. The van der Waals surface area contributed by atoms with Gasteiger partial charge in [0.1, 0.15) is 0 Å². The Kier molecular flexibility index (Phi) is 4.19. The third-order valence-electron chi connectivity index (χ3n) is 3.42. The number of fused-ring (bicyclic) bond motifs is 1. The van der Waals surface area contributed by atoms with E-state index in [-0.39, 0.29) is 18.3 Å². The Morgan fingerprint density at radius 3 is 3.14 bits per heavy atom. The Labute approximate surface area is 131 Å². The highest BCUT2D eigenvalue weighted by molar-refractivity contribution is 7.14. The molecule has 0 aliphatic heterocycles. The number of anilines is 1. The standard InChI is InChI=1S/C14H16N4O3S/c1-2-21-11(19)6-8-7-22-14(15-8)16-13(20)12-9-4-3-5-10(9)17-18-12/h7H,2-6H2,1H3,(H,17,18)(H,15,16,20). The van der Waals surface area contributed by atoms with E-state index in [1.165, 1.54) is 11.3 Å². The Morgan fingerprint density at radius 1 is 1.45 bits per heavy atom. The zero-order valence-electron chi connectivity index (χ0n) is 12.1. The van der Waals surface area contributed by atoms with Crippen LogP contribution in [-0.4, -0.2) is 33.7 Å². The molecule has 1 aliphatic rings. The molecule has 116 valence electrons. The lowest BCUT2D eigenvalue weighted by Gasteiger charge is -2.00. The fourth-order valence-corrected chi connectivity index (χ4v) is 3.17. The Balaban J connectivity index is 1.64. The number of hydrogen-bond acceptors (Lipinski definition) is 6. The number of rotatable bonds is 5. The van der Waals surface area contributed by atoms with Crippen molar-refractivity contribution in [3.8, 4) is 0 Å². The third kappa shape index (κ3) is 3.01. The predicted octanol–water partition coefficient (Wildman–Crippen LogP) is 1.71. The zero-order chi connectivity index (χ0) is 15.5. The molecule has 3 rings (SSSR count). The van der Waals surface area contributed by atoms with Gasteiger partial charge in [0.2, 0.25) is 0 Å².